The zero-order chi connectivity index (χ0) is 5.91. The van der Waals surface area contributed by atoms with E-state index in [1.54, 1.807) is 0 Å². The van der Waals surface area contributed by atoms with E-state index in [0.29, 0.717) is 0 Å². The molecule has 0 aromatic rings. The van der Waals surface area contributed by atoms with Crippen LogP contribution in [-0.4, -0.2) is 19.4 Å². The number of hydrogen-bond acceptors (Lipinski definition) is 1. The van der Waals surface area contributed by atoms with Crippen molar-refractivity contribution in [2.75, 3.05) is 13.7 Å². The fourth-order valence-electron chi connectivity index (χ4n) is 0.192. The standard InChI is InChI=1S/C3H7F2OP/c1-6-2-3(4,5)7/h2,7H2,1H3. The number of alkyl halides is 2. The first-order valence-electron chi connectivity index (χ1n) is 1.72. The Morgan fingerprint density at radius 3 is 2.14 bits per heavy atom. The highest BCUT2D eigenvalue weighted by Gasteiger charge is 2.19. The molecule has 0 heterocycles. The summed E-state index contributed by atoms with van der Waals surface area (Å²) in [7, 11) is 2.61. The van der Waals surface area contributed by atoms with Gasteiger partial charge in [-0.3, -0.25) is 0 Å². The number of methoxy groups -OCH3 is 1. The lowest BCUT2D eigenvalue weighted by Crippen LogP contribution is -2.12. The van der Waals surface area contributed by atoms with Gasteiger partial charge in [-0.2, -0.15) is 8.78 Å². The van der Waals surface area contributed by atoms with Crippen LogP contribution in [0, 0.1) is 0 Å². The monoisotopic (exact) mass is 128 g/mol. The molecule has 0 aromatic heterocycles. The Hall–Kier alpha value is 0.250. The van der Waals surface area contributed by atoms with Crippen molar-refractivity contribution in [3.05, 3.63) is 0 Å². The van der Waals surface area contributed by atoms with Crippen molar-refractivity contribution in [2.24, 2.45) is 0 Å². The van der Waals surface area contributed by atoms with Crippen molar-refractivity contribution < 1.29 is 13.5 Å². The first kappa shape index (κ1) is 7.25. The fraction of sp³-hybridized carbons (Fsp3) is 1.00. The molecule has 7 heavy (non-hydrogen) atoms. The molecule has 0 aliphatic rings. The molecule has 1 nitrogen and oxygen atoms in total. The minimum absolute atomic E-state index is 0.530. The van der Waals surface area contributed by atoms with E-state index in [4.69, 9.17) is 0 Å². The molecule has 0 bridgehead atoms. The van der Waals surface area contributed by atoms with Crippen LogP contribution in [0.15, 0.2) is 0 Å². The van der Waals surface area contributed by atoms with Crippen LogP contribution < -0.4 is 0 Å². The summed E-state index contributed by atoms with van der Waals surface area (Å²) in [6.07, 6.45) is 0. The number of rotatable bonds is 2. The number of hydrogen-bond donors (Lipinski definition) is 0. The van der Waals surface area contributed by atoms with Gasteiger partial charge in [0.1, 0.15) is 6.61 Å². The molecule has 0 aromatic carbocycles. The molecule has 0 radical (unpaired) electrons. The predicted octanol–water partition coefficient (Wildman–Crippen LogP) is 1.10. The van der Waals surface area contributed by atoms with E-state index in [2.05, 4.69) is 4.74 Å². The third-order valence-corrected chi connectivity index (χ3v) is 0.503. The smallest absolute Gasteiger partial charge is 0.281 e. The van der Waals surface area contributed by atoms with Crippen molar-refractivity contribution in [1.82, 2.24) is 0 Å². The lowest BCUT2D eigenvalue weighted by atomic mass is 10.8. The lowest BCUT2D eigenvalue weighted by Gasteiger charge is -2.05. The van der Waals surface area contributed by atoms with E-state index in [1.807, 2.05) is 0 Å². The van der Waals surface area contributed by atoms with Crippen molar-refractivity contribution >= 4 is 9.24 Å². The van der Waals surface area contributed by atoms with E-state index in [-0.39, 0.29) is 0 Å². The second-order valence-corrected chi connectivity index (χ2v) is 2.04. The van der Waals surface area contributed by atoms with Gasteiger partial charge in [0.15, 0.2) is 0 Å². The van der Waals surface area contributed by atoms with Gasteiger partial charge in [-0.05, 0) is 0 Å². The molecular formula is C3H7F2OP. The Kier molecular flexibility index (Phi) is 2.62. The minimum Gasteiger partial charge on any atom is -0.378 e. The third kappa shape index (κ3) is 6.25. The Bertz CT molecular complexity index is 51.4. The number of ether oxygens (including phenoxy) is 1. The topological polar surface area (TPSA) is 9.23 Å². The van der Waals surface area contributed by atoms with E-state index in [9.17, 15) is 8.78 Å². The molecule has 1 atom stereocenters. The van der Waals surface area contributed by atoms with Crippen molar-refractivity contribution in [1.29, 1.82) is 0 Å². The second kappa shape index (κ2) is 2.53. The summed E-state index contributed by atoms with van der Waals surface area (Å²) in [6, 6.07) is 0. The quantitative estimate of drug-likeness (QED) is 0.506. The maximum atomic E-state index is 11.6. The highest BCUT2D eigenvalue weighted by Crippen LogP contribution is 2.20. The van der Waals surface area contributed by atoms with Gasteiger partial charge in [0, 0.05) is 7.11 Å². The molecule has 0 aliphatic heterocycles. The summed E-state index contributed by atoms with van der Waals surface area (Å²) in [5, 5.41) is 0. The first-order chi connectivity index (χ1) is 3.06. The Labute approximate surface area is 43.2 Å². The van der Waals surface area contributed by atoms with Gasteiger partial charge >= 0.3 is 0 Å². The van der Waals surface area contributed by atoms with Gasteiger partial charge in [-0.15, -0.1) is 0 Å². The highest BCUT2D eigenvalue weighted by molar-refractivity contribution is 7.18. The second-order valence-electron chi connectivity index (χ2n) is 1.19. The van der Waals surface area contributed by atoms with Gasteiger partial charge in [-0.25, -0.2) is 0 Å². The number of halogens is 2. The Balaban J connectivity index is 3.15. The zero-order valence-electron chi connectivity index (χ0n) is 3.95. The average Bonchev–Trinajstić information content (AvgIpc) is 1.30. The van der Waals surface area contributed by atoms with E-state index < -0.39 is 12.3 Å². The van der Waals surface area contributed by atoms with Crippen LogP contribution in [0.5, 0.6) is 0 Å². The molecule has 0 saturated carbocycles. The molecule has 0 aliphatic carbocycles. The Morgan fingerprint density at radius 1 is 1.71 bits per heavy atom. The van der Waals surface area contributed by atoms with E-state index in [0.717, 1.165) is 0 Å². The van der Waals surface area contributed by atoms with Gasteiger partial charge in [0.05, 0.1) is 0 Å². The largest absolute Gasteiger partial charge is 0.378 e. The maximum absolute atomic E-state index is 11.6. The van der Waals surface area contributed by atoms with Crippen LogP contribution >= 0.6 is 9.24 Å². The summed E-state index contributed by atoms with van der Waals surface area (Å²) >= 11 is 0. The third-order valence-electron chi connectivity index (χ3n) is 0.337. The van der Waals surface area contributed by atoms with Crippen LogP contribution in [0.4, 0.5) is 8.78 Å². The molecule has 4 heteroatoms. The lowest BCUT2D eigenvalue weighted by molar-refractivity contribution is 0.0123. The minimum atomic E-state index is -2.76. The molecule has 1 unspecified atom stereocenters. The van der Waals surface area contributed by atoms with Crippen LogP contribution in [-0.2, 0) is 4.74 Å². The van der Waals surface area contributed by atoms with Crippen molar-refractivity contribution in [3.8, 4) is 0 Å². The van der Waals surface area contributed by atoms with Crippen LogP contribution in [0.25, 0.3) is 0 Å². The van der Waals surface area contributed by atoms with Crippen molar-refractivity contribution in [3.63, 3.8) is 0 Å². The van der Waals surface area contributed by atoms with Crippen molar-refractivity contribution in [2.45, 2.75) is 5.66 Å². The van der Waals surface area contributed by atoms with Gasteiger partial charge in [0.25, 0.3) is 5.66 Å². The molecule has 0 spiro atoms. The SMILES string of the molecule is COCC(F)(F)P. The zero-order valence-corrected chi connectivity index (χ0v) is 5.10. The Morgan fingerprint density at radius 2 is 2.14 bits per heavy atom. The average molecular weight is 128 g/mol. The maximum Gasteiger partial charge on any atom is 0.281 e. The van der Waals surface area contributed by atoms with E-state index in [1.165, 1.54) is 16.3 Å². The molecule has 0 saturated heterocycles. The predicted molar refractivity (Wildman–Crippen MR) is 26.5 cm³/mol. The molecule has 0 N–H and O–H groups in total. The molecule has 0 rings (SSSR count). The first-order valence-corrected chi connectivity index (χ1v) is 2.29. The highest BCUT2D eigenvalue weighted by atomic mass is 31.0. The molecule has 0 fully saturated rings. The normalized spacial score (nSPS) is 12.0. The summed E-state index contributed by atoms with van der Waals surface area (Å²) in [6.45, 7) is -0.530. The van der Waals surface area contributed by atoms with Gasteiger partial charge in [0.2, 0.25) is 0 Å². The van der Waals surface area contributed by atoms with E-state index >= 15 is 0 Å². The summed E-state index contributed by atoms with van der Waals surface area (Å²) in [5.41, 5.74) is -2.76. The van der Waals surface area contributed by atoms with Gasteiger partial charge in [-0.1, -0.05) is 9.24 Å². The fourth-order valence-corrected chi connectivity index (χ4v) is 0.359. The molecule has 44 valence electrons. The summed E-state index contributed by atoms with van der Waals surface area (Å²) in [4.78, 5) is 0. The summed E-state index contributed by atoms with van der Waals surface area (Å²) < 4.78 is 27.3. The molecular weight excluding hydrogens is 121 g/mol. The molecule has 0 amide bonds. The van der Waals surface area contributed by atoms with Crippen LogP contribution in [0.3, 0.4) is 0 Å². The van der Waals surface area contributed by atoms with Gasteiger partial charge < -0.3 is 4.74 Å². The summed E-state index contributed by atoms with van der Waals surface area (Å²) in [5.74, 6) is 0. The van der Waals surface area contributed by atoms with Crippen LogP contribution in [0.2, 0.25) is 0 Å². The van der Waals surface area contributed by atoms with Crippen LogP contribution in [0.1, 0.15) is 0 Å².